The van der Waals surface area contributed by atoms with E-state index in [1.165, 1.54) is 0 Å². The molecule has 0 radical (unpaired) electrons. The molecule has 0 saturated carbocycles. The maximum absolute atomic E-state index is 12.2. The summed E-state index contributed by atoms with van der Waals surface area (Å²) >= 11 is 0. The molecule has 0 aliphatic carbocycles. The standard InChI is InChI=1S/C20H34O4S/c1-9-19(7,10-2)16-13-14(5)17(24-20(8,11-3)12-4)15(6)18(16)25(21,22)23/h13H,9-12H2,1-8H3,(H,21,22,23). The molecule has 0 unspecified atom stereocenters. The summed E-state index contributed by atoms with van der Waals surface area (Å²) in [4.78, 5) is 0.00820. The Hall–Kier alpha value is -1.07. The molecule has 0 saturated heterocycles. The van der Waals surface area contributed by atoms with Crippen molar-refractivity contribution in [1.82, 2.24) is 0 Å². The zero-order valence-electron chi connectivity index (χ0n) is 17.0. The van der Waals surface area contributed by atoms with E-state index in [0.29, 0.717) is 16.9 Å². The first kappa shape index (κ1) is 22.0. The van der Waals surface area contributed by atoms with Crippen molar-refractivity contribution in [2.24, 2.45) is 0 Å². The van der Waals surface area contributed by atoms with Crippen molar-refractivity contribution < 1.29 is 17.7 Å². The summed E-state index contributed by atoms with van der Waals surface area (Å²) in [5.41, 5.74) is 1.39. The molecule has 1 aromatic rings. The second kappa shape index (κ2) is 7.67. The predicted molar refractivity (Wildman–Crippen MR) is 103 cm³/mol. The first-order valence-electron chi connectivity index (χ1n) is 9.20. The van der Waals surface area contributed by atoms with Crippen LogP contribution in [0.2, 0.25) is 0 Å². The van der Waals surface area contributed by atoms with Crippen molar-refractivity contribution in [3.63, 3.8) is 0 Å². The highest BCUT2D eigenvalue weighted by atomic mass is 32.2. The lowest BCUT2D eigenvalue weighted by atomic mass is 9.76. The van der Waals surface area contributed by atoms with Crippen LogP contribution in [0.1, 0.15) is 83.9 Å². The molecule has 1 N–H and O–H groups in total. The molecule has 0 spiro atoms. The van der Waals surface area contributed by atoms with E-state index in [2.05, 4.69) is 13.8 Å². The molecule has 144 valence electrons. The molecule has 0 aliphatic rings. The van der Waals surface area contributed by atoms with E-state index in [0.717, 1.165) is 31.2 Å². The Kier molecular flexibility index (Phi) is 6.74. The molecule has 25 heavy (non-hydrogen) atoms. The molecule has 1 rings (SSSR count). The fraction of sp³-hybridized carbons (Fsp3) is 0.700. The van der Waals surface area contributed by atoms with Crippen LogP contribution in [-0.4, -0.2) is 18.6 Å². The Bertz CT molecular complexity index is 712. The molecular weight excluding hydrogens is 336 g/mol. The third-order valence-corrected chi connectivity index (χ3v) is 7.00. The van der Waals surface area contributed by atoms with Crippen molar-refractivity contribution in [3.8, 4) is 5.75 Å². The van der Waals surface area contributed by atoms with Crippen LogP contribution in [0.3, 0.4) is 0 Å². The summed E-state index contributed by atoms with van der Waals surface area (Å²) < 4.78 is 40.6. The van der Waals surface area contributed by atoms with Crippen LogP contribution >= 0.6 is 0 Å². The Morgan fingerprint density at radius 2 is 1.48 bits per heavy atom. The van der Waals surface area contributed by atoms with Gasteiger partial charge in [-0.05, 0) is 63.0 Å². The smallest absolute Gasteiger partial charge is 0.295 e. The van der Waals surface area contributed by atoms with Crippen molar-refractivity contribution in [3.05, 3.63) is 22.8 Å². The summed E-state index contributed by atoms with van der Waals surface area (Å²) in [6, 6.07) is 1.88. The van der Waals surface area contributed by atoms with E-state index in [1.807, 2.05) is 40.7 Å². The Morgan fingerprint density at radius 1 is 1.00 bits per heavy atom. The number of benzene rings is 1. The van der Waals surface area contributed by atoms with Gasteiger partial charge in [-0.1, -0.05) is 40.7 Å². The normalized spacial score (nSPS) is 13.2. The van der Waals surface area contributed by atoms with Crippen molar-refractivity contribution in [2.45, 2.75) is 97.0 Å². The SMILES string of the molecule is CCC(C)(CC)Oc1c(C)cc(C(C)(CC)CC)c(S(=O)(=O)O)c1C. The minimum atomic E-state index is -4.36. The number of hydrogen-bond donors (Lipinski definition) is 1. The molecule has 1 aromatic carbocycles. The zero-order valence-corrected chi connectivity index (χ0v) is 17.8. The topological polar surface area (TPSA) is 63.6 Å². The van der Waals surface area contributed by atoms with Crippen LogP contribution in [0.4, 0.5) is 0 Å². The van der Waals surface area contributed by atoms with Crippen LogP contribution in [0.5, 0.6) is 5.75 Å². The number of rotatable bonds is 8. The van der Waals surface area contributed by atoms with Gasteiger partial charge in [-0.15, -0.1) is 0 Å². The summed E-state index contributed by atoms with van der Waals surface area (Å²) in [5, 5.41) is 0. The number of ether oxygens (including phenoxy) is 1. The van der Waals surface area contributed by atoms with Gasteiger partial charge in [0.05, 0.1) is 0 Å². The van der Waals surface area contributed by atoms with Gasteiger partial charge >= 0.3 is 0 Å². The van der Waals surface area contributed by atoms with Crippen LogP contribution in [0, 0.1) is 13.8 Å². The Labute approximate surface area is 153 Å². The maximum atomic E-state index is 12.2. The molecule has 4 nitrogen and oxygen atoms in total. The van der Waals surface area contributed by atoms with Gasteiger partial charge in [-0.25, -0.2) is 0 Å². The van der Waals surface area contributed by atoms with Crippen LogP contribution in [-0.2, 0) is 15.5 Å². The van der Waals surface area contributed by atoms with Crippen LogP contribution in [0.15, 0.2) is 11.0 Å². The Morgan fingerprint density at radius 3 is 1.84 bits per heavy atom. The van der Waals surface area contributed by atoms with Gasteiger partial charge < -0.3 is 4.74 Å². The van der Waals surface area contributed by atoms with Gasteiger partial charge in [0.25, 0.3) is 10.1 Å². The fourth-order valence-electron chi connectivity index (χ4n) is 3.16. The van der Waals surface area contributed by atoms with E-state index in [1.54, 1.807) is 6.92 Å². The second-order valence-electron chi connectivity index (χ2n) is 7.53. The van der Waals surface area contributed by atoms with Gasteiger partial charge in [0.2, 0.25) is 0 Å². The van der Waals surface area contributed by atoms with Gasteiger partial charge in [-0.2, -0.15) is 8.42 Å². The Balaban J connectivity index is 3.79. The lowest BCUT2D eigenvalue weighted by Crippen LogP contribution is -2.32. The quantitative estimate of drug-likeness (QED) is 0.606. The third kappa shape index (κ3) is 4.37. The molecule has 5 heteroatoms. The highest BCUT2D eigenvalue weighted by molar-refractivity contribution is 7.86. The summed E-state index contributed by atoms with van der Waals surface area (Å²) in [5.74, 6) is 0.567. The van der Waals surface area contributed by atoms with E-state index in [9.17, 15) is 13.0 Å². The van der Waals surface area contributed by atoms with E-state index in [4.69, 9.17) is 4.74 Å². The van der Waals surface area contributed by atoms with E-state index < -0.39 is 10.1 Å². The van der Waals surface area contributed by atoms with Crippen LogP contribution < -0.4 is 4.74 Å². The average Bonchev–Trinajstić information content (AvgIpc) is 2.55. The molecular formula is C20H34O4S. The maximum Gasteiger partial charge on any atom is 0.295 e. The molecule has 0 aromatic heterocycles. The molecule has 0 aliphatic heterocycles. The molecule has 0 amide bonds. The second-order valence-corrected chi connectivity index (χ2v) is 8.88. The number of aryl methyl sites for hydroxylation is 1. The highest BCUT2D eigenvalue weighted by Crippen LogP contribution is 2.42. The van der Waals surface area contributed by atoms with Gasteiger partial charge in [0.1, 0.15) is 16.2 Å². The fourth-order valence-corrected chi connectivity index (χ4v) is 4.22. The average molecular weight is 371 g/mol. The molecule has 0 heterocycles. The van der Waals surface area contributed by atoms with Crippen molar-refractivity contribution >= 4 is 10.1 Å². The third-order valence-electron chi connectivity index (χ3n) is 5.96. The number of hydrogen-bond acceptors (Lipinski definition) is 3. The lowest BCUT2D eigenvalue weighted by molar-refractivity contribution is 0.0781. The first-order valence-corrected chi connectivity index (χ1v) is 10.6. The zero-order chi connectivity index (χ0) is 19.6. The molecule has 0 bridgehead atoms. The largest absolute Gasteiger partial charge is 0.487 e. The van der Waals surface area contributed by atoms with E-state index in [-0.39, 0.29) is 15.9 Å². The highest BCUT2D eigenvalue weighted by Gasteiger charge is 2.34. The minimum absolute atomic E-state index is 0.00820. The molecule has 0 fully saturated rings. The van der Waals surface area contributed by atoms with Crippen molar-refractivity contribution in [2.75, 3.05) is 0 Å². The monoisotopic (exact) mass is 370 g/mol. The minimum Gasteiger partial charge on any atom is -0.487 e. The van der Waals surface area contributed by atoms with E-state index >= 15 is 0 Å². The molecule has 0 atom stereocenters. The summed E-state index contributed by atoms with van der Waals surface area (Å²) in [6.45, 7) is 15.9. The predicted octanol–water partition coefficient (Wildman–Crippen LogP) is 5.59. The van der Waals surface area contributed by atoms with Gasteiger partial charge in [0.15, 0.2) is 0 Å². The summed E-state index contributed by atoms with van der Waals surface area (Å²) in [6.07, 6.45) is 3.19. The van der Waals surface area contributed by atoms with Gasteiger partial charge in [0, 0.05) is 5.56 Å². The lowest BCUT2D eigenvalue weighted by Gasteiger charge is -2.34. The van der Waals surface area contributed by atoms with Crippen LogP contribution in [0.25, 0.3) is 0 Å². The van der Waals surface area contributed by atoms with Gasteiger partial charge in [-0.3, -0.25) is 4.55 Å². The van der Waals surface area contributed by atoms with Crippen molar-refractivity contribution in [1.29, 1.82) is 0 Å². The summed E-state index contributed by atoms with van der Waals surface area (Å²) in [7, 11) is -4.36. The first-order chi connectivity index (χ1) is 11.4.